The summed E-state index contributed by atoms with van der Waals surface area (Å²) in [6.07, 6.45) is 3.42. The highest BCUT2D eigenvalue weighted by atomic mass is 32.2. The molecule has 2 aromatic heterocycles. The first-order chi connectivity index (χ1) is 16.4. The normalized spacial score (nSPS) is 17.1. The van der Waals surface area contributed by atoms with Gasteiger partial charge >= 0.3 is 6.18 Å². The Bertz CT molecular complexity index is 1490. The monoisotopic (exact) mass is 504 g/mol. The molecular formula is C24H23F3N4O3S. The molecule has 1 aliphatic rings. The number of alkyl halides is 3. The standard InChI is InChI=1S/C24H23F3N4O3S/c1-4-20(16-6-5-7-19(14(16)2)24(25,26)27)29-22-17-12-21(15-8-10-35(33,34)11-9-15)28-13-18(17)23(32)31(3)30-22/h1,5-7,12-13,15,20H,8-11H2,2-3H3,(H,29,30)/t20-/m1/s1. The minimum atomic E-state index is -4.53. The Morgan fingerprint density at radius 3 is 2.54 bits per heavy atom. The van der Waals surface area contributed by atoms with Gasteiger partial charge in [0.15, 0.2) is 5.82 Å². The molecule has 0 radical (unpaired) electrons. The highest BCUT2D eigenvalue weighted by Crippen LogP contribution is 2.36. The lowest BCUT2D eigenvalue weighted by Gasteiger charge is -2.23. The third-order valence-corrected chi connectivity index (χ3v) is 8.08. The van der Waals surface area contributed by atoms with E-state index in [0.717, 1.165) is 10.7 Å². The van der Waals surface area contributed by atoms with E-state index in [4.69, 9.17) is 6.42 Å². The minimum absolute atomic E-state index is 0.00431. The van der Waals surface area contributed by atoms with Gasteiger partial charge in [-0.25, -0.2) is 13.1 Å². The van der Waals surface area contributed by atoms with Crippen LogP contribution < -0.4 is 10.9 Å². The molecular weight excluding hydrogens is 481 g/mol. The van der Waals surface area contributed by atoms with E-state index in [0.29, 0.717) is 23.9 Å². The predicted molar refractivity (Wildman–Crippen MR) is 127 cm³/mol. The lowest BCUT2D eigenvalue weighted by molar-refractivity contribution is -0.138. The summed E-state index contributed by atoms with van der Waals surface area (Å²) in [6.45, 7) is 1.36. The third kappa shape index (κ3) is 4.89. The van der Waals surface area contributed by atoms with E-state index in [9.17, 15) is 26.4 Å². The number of rotatable bonds is 4. The van der Waals surface area contributed by atoms with Crippen molar-refractivity contribution in [3.8, 4) is 12.3 Å². The van der Waals surface area contributed by atoms with Crippen LogP contribution in [0.15, 0.2) is 35.3 Å². The number of anilines is 1. The quantitative estimate of drug-likeness (QED) is 0.544. The molecule has 0 amide bonds. The molecule has 35 heavy (non-hydrogen) atoms. The van der Waals surface area contributed by atoms with E-state index in [2.05, 4.69) is 21.3 Å². The average Bonchev–Trinajstić information content (AvgIpc) is 2.80. The van der Waals surface area contributed by atoms with Crippen molar-refractivity contribution in [1.29, 1.82) is 0 Å². The van der Waals surface area contributed by atoms with E-state index in [1.807, 2.05) is 0 Å². The van der Waals surface area contributed by atoms with Gasteiger partial charge in [0.2, 0.25) is 0 Å². The second-order valence-electron chi connectivity index (χ2n) is 8.62. The molecule has 0 spiro atoms. The third-order valence-electron chi connectivity index (χ3n) is 6.37. The van der Waals surface area contributed by atoms with Crippen molar-refractivity contribution in [2.24, 2.45) is 7.05 Å². The molecule has 1 aromatic carbocycles. The van der Waals surface area contributed by atoms with Gasteiger partial charge in [-0.05, 0) is 43.0 Å². The highest BCUT2D eigenvalue weighted by Gasteiger charge is 2.34. The van der Waals surface area contributed by atoms with Gasteiger partial charge in [0.1, 0.15) is 15.9 Å². The summed E-state index contributed by atoms with van der Waals surface area (Å²) in [5.41, 5.74) is -0.302. The van der Waals surface area contributed by atoms with E-state index in [1.165, 1.54) is 32.3 Å². The van der Waals surface area contributed by atoms with Crippen LogP contribution in [0.2, 0.25) is 0 Å². The number of hydrogen-bond acceptors (Lipinski definition) is 6. The number of aromatic nitrogens is 3. The molecule has 1 saturated heterocycles. The number of fused-ring (bicyclic) bond motifs is 1. The summed E-state index contributed by atoms with van der Waals surface area (Å²) in [4.78, 5) is 17.1. The maximum absolute atomic E-state index is 13.4. The first-order valence-electron chi connectivity index (χ1n) is 10.9. The molecule has 1 aliphatic heterocycles. The highest BCUT2D eigenvalue weighted by molar-refractivity contribution is 7.91. The number of terminal acetylenes is 1. The number of nitrogens with zero attached hydrogens (tertiary/aromatic N) is 3. The minimum Gasteiger partial charge on any atom is -0.351 e. The summed E-state index contributed by atoms with van der Waals surface area (Å²) in [5.74, 6) is 2.72. The molecule has 0 bridgehead atoms. The van der Waals surface area contributed by atoms with Crippen LogP contribution in [0.1, 0.15) is 47.2 Å². The first-order valence-corrected chi connectivity index (χ1v) is 12.7. The summed E-state index contributed by atoms with van der Waals surface area (Å²) in [7, 11) is -1.61. The molecule has 3 heterocycles. The Labute approximate surface area is 200 Å². The molecule has 1 atom stereocenters. The van der Waals surface area contributed by atoms with Crippen LogP contribution in [0, 0.1) is 19.3 Å². The number of sulfone groups is 1. The fourth-order valence-corrected chi connectivity index (χ4v) is 5.89. The van der Waals surface area contributed by atoms with Crippen molar-refractivity contribution < 1.29 is 21.6 Å². The summed E-state index contributed by atoms with van der Waals surface area (Å²) in [6, 6.07) is 4.53. The zero-order chi connectivity index (χ0) is 25.5. The van der Waals surface area contributed by atoms with Crippen molar-refractivity contribution in [3.63, 3.8) is 0 Å². The maximum Gasteiger partial charge on any atom is 0.416 e. The van der Waals surface area contributed by atoms with E-state index < -0.39 is 33.2 Å². The van der Waals surface area contributed by atoms with Crippen molar-refractivity contribution in [2.45, 2.75) is 37.9 Å². The smallest absolute Gasteiger partial charge is 0.351 e. The van der Waals surface area contributed by atoms with Gasteiger partial charge in [-0.2, -0.15) is 18.3 Å². The second-order valence-corrected chi connectivity index (χ2v) is 10.9. The molecule has 11 heteroatoms. The molecule has 1 N–H and O–H groups in total. The number of benzene rings is 1. The number of aryl methyl sites for hydroxylation is 1. The first kappa shape index (κ1) is 24.7. The fourth-order valence-electron chi connectivity index (χ4n) is 4.40. The summed E-state index contributed by atoms with van der Waals surface area (Å²) >= 11 is 0. The molecule has 4 rings (SSSR count). The van der Waals surface area contributed by atoms with Crippen LogP contribution in [0.25, 0.3) is 10.8 Å². The van der Waals surface area contributed by atoms with Gasteiger partial charge in [-0.3, -0.25) is 9.78 Å². The zero-order valence-electron chi connectivity index (χ0n) is 19.1. The molecule has 184 valence electrons. The van der Waals surface area contributed by atoms with Crippen LogP contribution in [0.3, 0.4) is 0 Å². The molecule has 0 aliphatic carbocycles. The Morgan fingerprint density at radius 2 is 1.91 bits per heavy atom. The predicted octanol–water partition coefficient (Wildman–Crippen LogP) is 3.73. The molecule has 3 aromatic rings. The maximum atomic E-state index is 13.4. The second kappa shape index (κ2) is 9.00. The number of pyridine rings is 1. The Morgan fingerprint density at radius 1 is 1.23 bits per heavy atom. The van der Waals surface area contributed by atoms with Crippen molar-refractivity contribution in [3.05, 3.63) is 63.2 Å². The van der Waals surface area contributed by atoms with Crippen LogP contribution in [0.5, 0.6) is 0 Å². The number of nitrogens with one attached hydrogen (secondary N) is 1. The topological polar surface area (TPSA) is 93.9 Å². The Balaban J connectivity index is 1.78. The zero-order valence-corrected chi connectivity index (χ0v) is 19.9. The largest absolute Gasteiger partial charge is 0.416 e. The van der Waals surface area contributed by atoms with Crippen LogP contribution in [-0.2, 0) is 23.1 Å². The van der Waals surface area contributed by atoms with Gasteiger partial charge < -0.3 is 5.32 Å². The van der Waals surface area contributed by atoms with Gasteiger partial charge in [-0.1, -0.05) is 18.1 Å². The number of hydrogen-bond donors (Lipinski definition) is 1. The van der Waals surface area contributed by atoms with Gasteiger partial charge in [-0.15, -0.1) is 6.42 Å². The van der Waals surface area contributed by atoms with Crippen molar-refractivity contribution in [1.82, 2.24) is 14.8 Å². The Hall–Kier alpha value is -3.39. The molecule has 0 unspecified atom stereocenters. The van der Waals surface area contributed by atoms with Crippen molar-refractivity contribution in [2.75, 3.05) is 16.8 Å². The Kier molecular flexibility index (Phi) is 6.36. The average molecular weight is 505 g/mol. The van der Waals surface area contributed by atoms with Crippen molar-refractivity contribution >= 4 is 26.4 Å². The van der Waals surface area contributed by atoms with Gasteiger partial charge in [0.25, 0.3) is 5.56 Å². The van der Waals surface area contributed by atoms with Crippen LogP contribution in [0.4, 0.5) is 19.0 Å². The summed E-state index contributed by atoms with van der Waals surface area (Å²) < 4.78 is 65.0. The molecule has 1 fully saturated rings. The molecule has 7 nitrogen and oxygen atoms in total. The van der Waals surface area contributed by atoms with E-state index in [-0.39, 0.29) is 39.8 Å². The lowest BCUT2D eigenvalue weighted by Crippen LogP contribution is -2.24. The van der Waals surface area contributed by atoms with Crippen LogP contribution in [-0.4, -0.2) is 34.7 Å². The number of halogens is 3. The van der Waals surface area contributed by atoms with Crippen LogP contribution >= 0.6 is 0 Å². The SMILES string of the molecule is C#C[C@@H](Nc1nn(C)c(=O)c2cnc(C3CCS(=O)(=O)CC3)cc12)c1cccc(C(F)(F)F)c1C. The fraction of sp³-hybridized carbons (Fsp3) is 0.375. The lowest BCUT2D eigenvalue weighted by atomic mass is 9.96. The summed E-state index contributed by atoms with van der Waals surface area (Å²) in [5, 5.41) is 7.97. The van der Waals surface area contributed by atoms with E-state index in [1.54, 1.807) is 6.07 Å². The van der Waals surface area contributed by atoms with Gasteiger partial charge in [0, 0.05) is 30.2 Å². The van der Waals surface area contributed by atoms with E-state index >= 15 is 0 Å². The van der Waals surface area contributed by atoms with Gasteiger partial charge in [0.05, 0.1) is 22.5 Å². The molecule has 0 saturated carbocycles.